The van der Waals surface area contributed by atoms with Crippen LogP contribution in [0.2, 0.25) is 8.87 Å². The number of unbranched alkanes of at least 4 members (excludes halogenated alkanes) is 2. The molecule has 0 rings (SSSR count). The van der Waals surface area contributed by atoms with E-state index < -0.39 is 4.75 Å². The molecule has 0 atom stereocenters. The second-order valence-electron chi connectivity index (χ2n) is 3.65. The third-order valence-corrected chi connectivity index (χ3v) is 6.96. The van der Waals surface area contributed by atoms with E-state index in [1.165, 1.54) is 25.7 Å². The molecule has 0 aromatic rings. The van der Waals surface area contributed by atoms with Crippen LogP contribution in [-0.4, -0.2) is 31.6 Å². The van der Waals surface area contributed by atoms with Crippen LogP contribution < -0.4 is 0 Å². The Kier molecular flexibility index (Phi) is 16.9. The van der Waals surface area contributed by atoms with Gasteiger partial charge in [-0.15, -0.1) is 0 Å². The van der Waals surface area contributed by atoms with Gasteiger partial charge in [-0.2, -0.15) is 16.3 Å². The molecular formula is C12H20N2S2Sn. The predicted octanol–water partition coefficient (Wildman–Crippen LogP) is 2.99. The van der Waals surface area contributed by atoms with E-state index in [1.54, 1.807) is 21.0 Å². The van der Waals surface area contributed by atoms with Crippen LogP contribution in [0.3, 0.4) is 0 Å². The van der Waals surface area contributed by atoms with Crippen molar-refractivity contribution in [1.29, 1.82) is 10.5 Å². The van der Waals surface area contributed by atoms with E-state index in [9.17, 15) is 0 Å². The molecule has 0 N–H and O–H groups in total. The Morgan fingerprint density at radius 2 is 1.47 bits per heavy atom. The molecule has 94 valence electrons. The molecule has 17 heavy (non-hydrogen) atoms. The van der Waals surface area contributed by atoms with Gasteiger partial charge in [-0.3, -0.25) is 0 Å². The number of nitriles is 2. The van der Waals surface area contributed by atoms with Crippen molar-refractivity contribution in [3.05, 3.63) is 0 Å². The van der Waals surface area contributed by atoms with Crippen LogP contribution in [0.1, 0.15) is 39.5 Å². The summed E-state index contributed by atoms with van der Waals surface area (Å²) in [6.45, 7) is 4.58. The minimum Gasteiger partial charge on any atom is -0.792 e. The maximum atomic E-state index is 8.14. The average Bonchev–Trinajstić information content (AvgIpc) is 2.38. The predicted molar refractivity (Wildman–Crippen MR) is 78.7 cm³/mol. The van der Waals surface area contributed by atoms with Gasteiger partial charge < -0.3 is 25.3 Å². The van der Waals surface area contributed by atoms with Gasteiger partial charge in [-0.1, -0.05) is 0 Å². The molecule has 0 aliphatic carbocycles. The second-order valence-corrected chi connectivity index (χ2v) is 8.92. The second kappa shape index (κ2) is 14.5. The third kappa shape index (κ3) is 14.4. The molecule has 5 heteroatoms. The van der Waals surface area contributed by atoms with Crippen LogP contribution in [-0.2, 0) is 25.3 Å². The Balaban J connectivity index is 0. The summed E-state index contributed by atoms with van der Waals surface area (Å²) in [5.41, 5.74) is 0. The largest absolute Gasteiger partial charge is 0.792 e. The molecule has 0 amide bonds. The Morgan fingerprint density at radius 3 is 1.65 bits per heavy atom. The molecule has 0 radical (unpaired) electrons. The quantitative estimate of drug-likeness (QED) is 0.390. The van der Waals surface area contributed by atoms with Crippen LogP contribution in [0.4, 0.5) is 0 Å². The molecule has 2 nitrogen and oxygen atoms in total. The fraction of sp³-hybridized carbons (Fsp3) is 0.833. The number of hydrogen-bond donors (Lipinski definition) is 0. The SMILES string of the molecule is CCC[CH2][Sn+2][CH2]CCC.N#CC([S-])(C#N)C[S-]. The average molecular weight is 375 g/mol. The summed E-state index contributed by atoms with van der Waals surface area (Å²) in [4.78, 5) is 0. The molecule has 0 unspecified atom stereocenters. The Labute approximate surface area is 127 Å². The zero-order valence-electron chi connectivity index (χ0n) is 10.7. The van der Waals surface area contributed by atoms with Crippen LogP contribution in [0.5, 0.6) is 0 Å². The Hall–Kier alpha value is 0.479. The van der Waals surface area contributed by atoms with Gasteiger partial charge in [0.05, 0.1) is 12.1 Å². The first-order valence-corrected chi connectivity index (χ1v) is 10.9. The first-order valence-electron chi connectivity index (χ1n) is 5.91. The summed E-state index contributed by atoms with van der Waals surface area (Å²) in [7, 11) is 0. The summed E-state index contributed by atoms with van der Waals surface area (Å²) >= 11 is 9.06. The van der Waals surface area contributed by atoms with Crippen molar-refractivity contribution in [2.24, 2.45) is 0 Å². The molecule has 0 aromatic heterocycles. The molecule has 0 aromatic carbocycles. The van der Waals surface area contributed by atoms with Crippen molar-refractivity contribution in [2.75, 3.05) is 5.75 Å². The number of nitrogens with zero attached hydrogens (tertiary/aromatic N) is 2. The van der Waals surface area contributed by atoms with E-state index in [0.29, 0.717) is 0 Å². The summed E-state index contributed by atoms with van der Waals surface area (Å²) in [5.74, 6) is -0.00463. The van der Waals surface area contributed by atoms with Crippen molar-refractivity contribution in [1.82, 2.24) is 0 Å². The zero-order chi connectivity index (χ0) is 13.6. The molecular weight excluding hydrogens is 355 g/mol. The van der Waals surface area contributed by atoms with E-state index in [0.717, 1.165) is 0 Å². The zero-order valence-corrected chi connectivity index (χ0v) is 15.1. The molecule has 0 aliphatic rings. The van der Waals surface area contributed by atoms with E-state index >= 15 is 0 Å². The van der Waals surface area contributed by atoms with Gasteiger partial charge in [0.15, 0.2) is 0 Å². The number of hydrogen-bond acceptors (Lipinski definition) is 4. The maximum absolute atomic E-state index is 8.14. The normalized spacial score (nSPS) is 9.29. The molecule has 0 spiro atoms. The van der Waals surface area contributed by atoms with Crippen molar-refractivity contribution in [3.8, 4) is 12.1 Å². The van der Waals surface area contributed by atoms with Crippen molar-refractivity contribution in [3.63, 3.8) is 0 Å². The minimum atomic E-state index is -1.37. The van der Waals surface area contributed by atoms with Crippen molar-refractivity contribution >= 4 is 46.4 Å². The third-order valence-electron chi connectivity index (χ3n) is 1.98. The van der Waals surface area contributed by atoms with Crippen LogP contribution >= 0.6 is 0 Å². The van der Waals surface area contributed by atoms with Crippen molar-refractivity contribution < 1.29 is 0 Å². The summed E-state index contributed by atoms with van der Waals surface area (Å²) < 4.78 is 1.88. The summed E-state index contributed by atoms with van der Waals surface area (Å²) in [5, 5.41) is 16.3. The minimum absolute atomic E-state index is 0.00463. The first-order chi connectivity index (χ1) is 8.10. The monoisotopic (exact) mass is 376 g/mol. The standard InChI is InChI=1S/C4H4N2S2.2C4H9.Sn/c5-1-4(8,2-6)3-7;2*1-3-4-2;/h7-8H,3H2;2*1,3-4H2,2H3;/q;;;+2/p-2. The Morgan fingerprint density at radius 1 is 1.06 bits per heavy atom. The van der Waals surface area contributed by atoms with E-state index in [-0.39, 0.29) is 26.9 Å². The Bertz CT molecular complexity index is 226. The molecule has 0 heterocycles. The first kappa shape index (κ1) is 19.8. The maximum Gasteiger partial charge on any atom is 0.0556 e. The van der Waals surface area contributed by atoms with Gasteiger partial charge in [0, 0.05) is 4.75 Å². The smallest absolute Gasteiger partial charge is 0.0556 e. The summed E-state index contributed by atoms with van der Waals surface area (Å²) in [6.07, 6.45) is 5.84. The van der Waals surface area contributed by atoms with Gasteiger partial charge in [0.2, 0.25) is 0 Å². The van der Waals surface area contributed by atoms with Crippen molar-refractivity contribution in [2.45, 2.75) is 53.2 Å². The van der Waals surface area contributed by atoms with Crippen LogP contribution in [0.15, 0.2) is 0 Å². The van der Waals surface area contributed by atoms with Gasteiger partial charge >= 0.3 is 69.5 Å². The fourth-order valence-corrected chi connectivity index (χ4v) is 5.11. The number of rotatable bonds is 7. The molecule has 0 saturated carbocycles. The molecule has 0 bridgehead atoms. The fourth-order valence-electron chi connectivity index (χ4n) is 0.818. The van der Waals surface area contributed by atoms with Gasteiger partial charge in [-0.05, 0) is 0 Å². The van der Waals surface area contributed by atoms with Gasteiger partial charge in [0.1, 0.15) is 0 Å². The van der Waals surface area contributed by atoms with E-state index in [2.05, 4.69) is 39.1 Å². The van der Waals surface area contributed by atoms with Crippen LogP contribution in [0.25, 0.3) is 0 Å². The molecule has 0 fully saturated rings. The molecule has 0 saturated heterocycles. The topological polar surface area (TPSA) is 47.6 Å². The van der Waals surface area contributed by atoms with Crippen LogP contribution in [0, 0.1) is 22.7 Å². The molecule has 0 aliphatic heterocycles. The van der Waals surface area contributed by atoms with E-state index in [1.807, 2.05) is 0 Å². The van der Waals surface area contributed by atoms with Gasteiger partial charge in [0.25, 0.3) is 0 Å². The van der Waals surface area contributed by atoms with E-state index in [4.69, 9.17) is 10.5 Å². The van der Waals surface area contributed by atoms with Gasteiger partial charge in [-0.25, -0.2) is 0 Å². The summed E-state index contributed by atoms with van der Waals surface area (Å²) in [6, 6.07) is 3.25.